The number of aromatic hydroxyl groups is 6. The fourth-order valence-corrected chi connectivity index (χ4v) is 3.84. The number of phenolic OH excluding ortho intramolecular Hbond substituents is 6. The number of benzene rings is 4. The Morgan fingerprint density at radius 1 is 0.564 bits per heavy atom. The molecule has 196 valence electrons. The zero-order valence-electron chi connectivity index (χ0n) is 20.4. The minimum absolute atomic E-state index is 0.0575. The van der Waals surface area contributed by atoms with E-state index in [0.29, 0.717) is 11.1 Å². The van der Waals surface area contributed by atoms with E-state index in [0.717, 1.165) is 6.07 Å². The van der Waals surface area contributed by atoms with E-state index in [1.165, 1.54) is 66.8 Å². The van der Waals surface area contributed by atoms with E-state index in [-0.39, 0.29) is 51.7 Å². The third kappa shape index (κ3) is 6.26. The van der Waals surface area contributed by atoms with Crippen molar-refractivity contribution in [2.24, 2.45) is 0 Å². The molecule has 0 fully saturated rings. The number of allylic oxidation sites excluding steroid dienone is 2. The number of carbonyl (C=O) groups excluding carboxylic acids is 2. The molecule has 0 aliphatic carbocycles. The lowest BCUT2D eigenvalue weighted by Gasteiger charge is -2.13. The number of rotatable bonds is 8. The smallest absolute Gasteiger partial charge is 0.189 e. The summed E-state index contributed by atoms with van der Waals surface area (Å²) in [6.45, 7) is 0. The van der Waals surface area contributed by atoms with Gasteiger partial charge in [0.25, 0.3) is 0 Å². The number of carbonyl (C=O) groups is 2. The van der Waals surface area contributed by atoms with Gasteiger partial charge in [0.1, 0.15) is 34.5 Å². The molecule has 0 atom stereocenters. The molecule has 0 saturated heterocycles. The molecule has 39 heavy (non-hydrogen) atoms. The Bertz CT molecular complexity index is 1600. The quantitative estimate of drug-likeness (QED) is 0.134. The normalized spacial score (nSPS) is 11.3. The number of phenols is 6. The predicted octanol–water partition coefficient (Wildman–Crippen LogP) is 5.30. The first-order chi connectivity index (χ1) is 18.6. The Labute approximate surface area is 223 Å². The summed E-state index contributed by atoms with van der Waals surface area (Å²) in [4.78, 5) is 25.5. The van der Waals surface area contributed by atoms with Crippen molar-refractivity contribution in [2.45, 2.75) is 6.42 Å². The van der Waals surface area contributed by atoms with Crippen LogP contribution in [0.3, 0.4) is 0 Å². The van der Waals surface area contributed by atoms with Crippen LogP contribution in [0, 0.1) is 0 Å². The molecule has 0 unspecified atom stereocenters. The van der Waals surface area contributed by atoms with Gasteiger partial charge in [-0.25, -0.2) is 0 Å². The number of hydrogen-bond acceptors (Lipinski definition) is 8. The van der Waals surface area contributed by atoms with Crippen LogP contribution in [0.2, 0.25) is 0 Å². The standard InChI is InChI=1S/C31H24O8/c32-21-7-1-18(2-8-21)5-12-26(34)23-11-14-28(36)25(31(23)39)16-20-15-24(30(38)17-29(20)37)27(35)13-6-19-3-9-22(33)10-4-19/h1-15,17,32-33,36-39H,16H2/b12-5+,13-6+. The molecular formula is C31H24O8. The second-order valence-electron chi connectivity index (χ2n) is 8.71. The summed E-state index contributed by atoms with van der Waals surface area (Å²) in [5, 5.41) is 60.7. The SMILES string of the molecule is O=C(/C=C/c1ccc(O)cc1)c1cc(Cc2c(O)ccc(C(=O)/C=C/c3ccc(O)cc3)c2O)c(O)cc1O. The van der Waals surface area contributed by atoms with E-state index in [2.05, 4.69) is 0 Å². The second kappa shape index (κ2) is 11.3. The van der Waals surface area contributed by atoms with Gasteiger partial charge < -0.3 is 30.6 Å². The average Bonchev–Trinajstić information content (AvgIpc) is 2.91. The fourth-order valence-electron chi connectivity index (χ4n) is 3.84. The Morgan fingerprint density at radius 3 is 1.62 bits per heavy atom. The van der Waals surface area contributed by atoms with Gasteiger partial charge in [0.05, 0.1) is 11.1 Å². The Kier molecular flexibility index (Phi) is 7.67. The number of hydrogen-bond donors (Lipinski definition) is 6. The zero-order valence-corrected chi connectivity index (χ0v) is 20.4. The van der Waals surface area contributed by atoms with E-state index in [4.69, 9.17) is 0 Å². The maximum atomic E-state index is 12.8. The van der Waals surface area contributed by atoms with Crippen molar-refractivity contribution < 1.29 is 40.2 Å². The molecule has 4 aromatic carbocycles. The molecular weight excluding hydrogens is 500 g/mol. The predicted molar refractivity (Wildman–Crippen MR) is 145 cm³/mol. The van der Waals surface area contributed by atoms with Gasteiger partial charge in [0.15, 0.2) is 11.6 Å². The van der Waals surface area contributed by atoms with Crippen LogP contribution in [0.1, 0.15) is 43.0 Å². The summed E-state index contributed by atoms with van der Waals surface area (Å²) in [6.07, 6.45) is 5.19. The lowest BCUT2D eigenvalue weighted by molar-refractivity contribution is 0.103. The first kappa shape index (κ1) is 26.6. The van der Waals surface area contributed by atoms with Gasteiger partial charge in [-0.3, -0.25) is 9.59 Å². The third-order valence-electron chi connectivity index (χ3n) is 5.99. The van der Waals surface area contributed by atoms with Crippen molar-refractivity contribution in [2.75, 3.05) is 0 Å². The summed E-state index contributed by atoms with van der Waals surface area (Å²) in [7, 11) is 0. The monoisotopic (exact) mass is 524 g/mol. The van der Waals surface area contributed by atoms with Gasteiger partial charge in [-0.05, 0) is 71.3 Å². The highest BCUT2D eigenvalue weighted by atomic mass is 16.3. The van der Waals surface area contributed by atoms with E-state index in [1.54, 1.807) is 24.3 Å². The molecule has 0 aromatic heterocycles. The Balaban J connectivity index is 1.60. The highest BCUT2D eigenvalue weighted by Crippen LogP contribution is 2.37. The third-order valence-corrected chi connectivity index (χ3v) is 5.99. The van der Waals surface area contributed by atoms with Gasteiger partial charge in [-0.1, -0.05) is 36.4 Å². The molecule has 0 aliphatic heterocycles. The van der Waals surface area contributed by atoms with Crippen molar-refractivity contribution in [3.05, 3.63) is 118 Å². The summed E-state index contributed by atoms with van der Waals surface area (Å²) in [5.74, 6) is -2.64. The summed E-state index contributed by atoms with van der Waals surface area (Å²) >= 11 is 0. The van der Waals surface area contributed by atoms with Crippen molar-refractivity contribution in [1.29, 1.82) is 0 Å². The van der Waals surface area contributed by atoms with Crippen LogP contribution in [0.5, 0.6) is 34.5 Å². The van der Waals surface area contributed by atoms with Crippen LogP contribution < -0.4 is 0 Å². The molecule has 0 saturated carbocycles. The van der Waals surface area contributed by atoms with E-state index < -0.39 is 23.1 Å². The van der Waals surface area contributed by atoms with Crippen LogP contribution in [0.4, 0.5) is 0 Å². The average molecular weight is 525 g/mol. The Morgan fingerprint density at radius 2 is 1.08 bits per heavy atom. The van der Waals surface area contributed by atoms with Gasteiger partial charge in [-0.15, -0.1) is 0 Å². The molecule has 4 aromatic rings. The summed E-state index contributed by atoms with van der Waals surface area (Å²) < 4.78 is 0. The van der Waals surface area contributed by atoms with E-state index in [9.17, 15) is 40.2 Å². The van der Waals surface area contributed by atoms with Gasteiger partial charge in [-0.2, -0.15) is 0 Å². The highest BCUT2D eigenvalue weighted by Gasteiger charge is 2.20. The molecule has 0 radical (unpaired) electrons. The van der Waals surface area contributed by atoms with Gasteiger partial charge >= 0.3 is 0 Å². The van der Waals surface area contributed by atoms with Gasteiger partial charge in [0, 0.05) is 18.1 Å². The maximum Gasteiger partial charge on any atom is 0.189 e. The van der Waals surface area contributed by atoms with E-state index >= 15 is 0 Å². The maximum absolute atomic E-state index is 12.8. The van der Waals surface area contributed by atoms with E-state index in [1.807, 2.05) is 0 Å². The second-order valence-corrected chi connectivity index (χ2v) is 8.71. The Hall–Kier alpha value is -5.50. The molecule has 6 N–H and O–H groups in total. The van der Waals surface area contributed by atoms with Crippen molar-refractivity contribution in [1.82, 2.24) is 0 Å². The molecule has 4 rings (SSSR count). The first-order valence-electron chi connectivity index (χ1n) is 11.7. The molecule has 0 bridgehead atoms. The first-order valence-corrected chi connectivity index (χ1v) is 11.7. The molecule has 8 nitrogen and oxygen atoms in total. The highest BCUT2D eigenvalue weighted by molar-refractivity contribution is 6.09. The molecule has 0 heterocycles. The summed E-state index contributed by atoms with van der Waals surface area (Å²) in [5.41, 5.74) is 1.12. The van der Waals surface area contributed by atoms with Crippen LogP contribution >= 0.6 is 0 Å². The summed E-state index contributed by atoms with van der Waals surface area (Å²) in [6, 6.07) is 17.0. The molecule has 8 heteroatoms. The van der Waals surface area contributed by atoms with Crippen LogP contribution in [-0.2, 0) is 6.42 Å². The lowest BCUT2D eigenvalue weighted by Crippen LogP contribution is -2.01. The zero-order chi connectivity index (χ0) is 28.1. The van der Waals surface area contributed by atoms with Crippen LogP contribution in [0.25, 0.3) is 12.2 Å². The fraction of sp³-hybridized carbons (Fsp3) is 0.0323. The lowest BCUT2D eigenvalue weighted by atomic mass is 9.95. The van der Waals surface area contributed by atoms with Crippen LogP contribution in [-0.4, -0.2) is 42.2 Å². The topological polar surface area (TPSA) is 156 Å². The van der Waals surface area contributed by atoms with Crippen molar-refractivity contribution in [3.8, 4) is 34.5 Å². The molecule has 0 amide bonds. The largest absolute Gasteiger partial charge is 0.508 e. The van der Waals surface area contributed by atoms with Crippen LogP contribution in [0.15, 0.2) is 84.9 Å². The minimum atomic E-state index is -0.571. The number of ketones is 2. The molecule has 0 spiro atoms. The van der Waals surface area contributed by atoms with Crippen molar-refractivity contribution in [3.63, 3.8) is 0 Å². The van der Waals surface area contributed by atoms with Gasteiger partial charge in [0.2, 0.25) is 0 Å². The van der Waals surface area contributed by atoms with Crippen molar-refractivity contribution >= 4 is 23.7 Å². The minimum Gasteiger partial charge on any atom is -0.508 e. The molecule has 0 aliphatic rings.